The van der Waals surface area contributed by atoms with Crippen LogP contribution in [0.2, 0.25) is 0 Å². The topological polar surface area (TPSA) is 77.7 Å². The number of para-hydroxylation sites is 1. The smallest absolute Gasteiger partial charge is 0.232 e. The van der Waals surface area contributed by atoms with E-state index in [9.17, 15) is 4.79 Å². The Kier molecular flexibility index (Phi) is 7.40. The number of aromatic nitrogens is 2. The van der Waals surface area contributed by atoms with Gasteiger partial charge in [-0.2, -0.15) is 4.98 Å². The number of nitrogens with zero attached hydrogens (tertiary/aromatic N) is 3. The first-order chi connectivity index (χ1) is 16.1. The maximum atomic E-state index is 13.3. The summed E-state index contributed by atoms with van der Waals surface area (Å²) in [5.41, 5.74) is 2.92. The zero-order chi connectivity index (χ0) is 23.2. The first-order valence-corrected chi connectivity index (χ1v) is 11.5. The standard InChI is InChI=1S/C26H31N3O4/c1-18-11-13-19(14-12-18)29-24(30)16-15-21(25(29)20-8-4-5-9-22(20)32-3)26-27-23(28-33-26)10-6-7-17-31-2/h4-5,8-9,11-14,21,25H,6-7,10,15-17H2,1-3H3. The van der Waals surface area contributed by atoms with E-state index in [0.717, 1.165) is 48.4 Å². The molecule has 1 amide bonds. The Morgan fingerprint density at radius 1 is 1.09 bits per heavy atom. The van der Waals surface area contributed by atoms with Gasteiger partial charge in [0.05, 0.1) is 19.1 Å². The highest BCUT2D eigenvalue weighted by atomic mass is 16.5. The molecular formula is C26H31N3O4. The SMILES string of the molecule is COCCCCc1noc(C2CCC(=O)N(c3ccc(C)cc3)C2c2ccccc2OC)n1. The number of unbranched alkanes of at least 4 members (excludes halogenated alkanes) is 1. The van der Waals surface area contributed by atoms with E-state index >= 15 is 0 Å². The number of amides is 1. The van der Waals surface area contributed by atoms with Gasteiger partial charge in [-0.05, 0) is 44.4 Å². The second kappa shape index (κ2) is 10.6. The van der Waals surface area contributed by atoms with Gasteiger partial charge in [-0.15, -0.1) is 0 Å². The van der Waals surface area contributed by atoms with E-state index in [0.29, 0.717) is 24.6 Å². The summed E-state index contributed by atoms with van der Waals surface area (Å²) >= 11 is 0. The van der Waals surface area contributed by atoms with Crippen LogP contribution in [0.4, 0.5) is 5.69 Å². The molecule has 2 heterocycles. The van der Waals surface area contributed by atoms with Crippen LogP contribution in [-0.2, 0) is 16.0 Å². The van der Waals surface area contributed by atoms with Crippen LogP contribution in [0.3, 0.4) is 0 Å². The third-order valence-electron chi connectivity index (χ3n) is 6.17. The molecule has 1 saturated heterocycles. The first kappa shape index (κ1) is 23.0. The summed E-state index contributed by atoms with van der Waals surface area (Å²) in [6.45, 7) is 2.76. The number of benzene rings is 2. The fourth-order valence-electron chi connectivity index (χ4n) is 4.48. The van der Waals surface area contributed by atoms with Gasteiger partial charge in [-0.25, -0.2) is 0 Å². The minimum atomic E-state index is -0.313. The average Bonchev–Trinajstić information content (AvgIpc) is 3.31. The summed E-state index contributed by atoms with van der Waals surface area (Å²) in [6.07, 6.45) is 3.66. The lowest BCUT2D eigenvalue weighted by Gasteiger charge is -2.40. The summed E-state index contributed by atoms with van der Waals surface area (Å²) in [4.78, 5) is 19.9. The van der Waals surface area contributed by atoms with E-state index in [2.05, 4.69) is 5.16 Å². The minimum absolute atomic E-state index is 0.0744. The highest BCUT2D eigenvalue weighted by Crippen LogP contribution is 2.47. The molecule has 0 saturated carbocycles. The van der Waals surface area contributed by atoms with E-state index in [1.807, 2.05) is 60.4 Å². The molecule has 0 N–H and O–H groups in total. The molecule has 0 aliphatic carbocycles. The number of anilines is 1. The molecule has 1 aliphatic rings. The van der Waals surface area contributed by atoms with Crippen LogP contribution in [0.25, 0.3) is 0 Å². The van der Waals surface area contributed by atoms with E-state index in [1.165, 1.54) is 0 Å². The van der Waals surface area contributed by atoms with Crippen molar-refractivity contribution in [3.05, 3.63) is 71.4 Å². The average molecular weight is 450 g/mol. The van der Waals surface area contributed by atoms with Crippen molar-refractivity contribution in [3.8, 4) is 5.75 Å². The number of hydrogen-bond acceptors (Lipinski definition) is 6. The minimum Gasteiger partial charge on any atom is -0.496 e. The Labute approximate surface area is 194 Å². The van der Waals surface area contributed by atoms with Crippen LogP contribution in [-0.4, -0.2) is 36.9 Å². The molecule has 1 aromatic heterocycles. The number of methoxy groups -OCH3 is 2. The van der Waals surface area contributed by atoms with Crippen molar-refractivity contribution < 1.29 is 18.8 Å². The van der Waals surface area contributed by atoms with Crippen LogP contribution in [0.1, 0.15) is 60.5 Å². The molecule has 2 atom stereocenters. The lowest BCUT2D eigenvalue weighted by molar-refractivity contribution is -0.120. The van der Waals surface area contributed by atoms with E-state index in [-0.39, 0.29) is 17.9 Å². The van der Waals surface area contributed by atoms with Crippen LogP contribution in [0.15, 0.2) is 53.1 Å². The van der Waals surface area contributed by atoms with Gasteiger partial charge in [-0.3, -0.25) is 4.79 Å². The van der Waals surface area contributed by atoms with Crippen molar-refractivity contribution in [1.82, 2.24) is 10.1 Å². The number of carbonyl (C=O) groups excluding carboxylic acids is 1. The van der Waals surface area contributed by atoms with Gasteiger partial charge in [0, 0.05) is 37.8 Å². The molecule has 3 aromatic rings. The van der Waals surface area contributed by atoms with Crippen molar-refractivity contribution in [2.45, 2.75) is 51.0 Å². The molecule has 1 fully saturated rings. The fraction of sp³-hybridized carbons (Fsp3) is 0.423. The number of piperidine rings is 1. The molecule has 7 heteroatoms. The molecule has 1 aliphatic heterocycles. The molecule has 0 spiro atoms. The summed E-state index contributed by atoms with van der Waals surface area (Å²) in [6, 6.07) is 15.6. The number of ether oxygens (including phenoxy) is 2. The third-order valence-corrected chi connectivity index (χ3v) is 6.17. The van der Waals surface area contributed by atoms with Gasteiger partial charge >= 0.3 is 0 Å². The molecule has 2 aromatic carbocycles. The monoisotopic (exact) mass is 449 g/mol. The van der Waals surface area contributed by atoms with E-state index in [4.69, 9.17) is 19.0 Å². The van der Waals surface area contributed by atoms with Crippen molar-refractivity contribution in [1.29, 1.82) is 0 Å². The van der Waals surface area contributed by atoms with Crippen molar-refractivity contribution in [3.63, 3.8) is 0 Å². The summed E-state index contributed by atoms with van der Waals surface area (Å²) in [5, 5.41) is 4.23. The third kappa shape index (κ3) is 5.09. The number of hydrogen-bond donors (Lipinski definition) is 0. The van der Waals surface area contributed by atoms with Gasteiger partial charge in [0.25, 0.3) is 0 Å². The van der Waals surface area contributed by atoms with Gasteiger partial charge in [0.2, 0.25) is 11.8 Å². The van der Waals surface area contributed by atoms with Gasteiger partial charge < -0.3 is 18.9 Å². The fourth-order valence-corrected chi connectivity index (χ4v) is 4.48. The Morgan fingerprint density at radius 2 is 1.88 bits per heavy atom. The normalized spacial score (nSPS) is 18.5. The van der Waals surface area contributed by atoms with Crippen molar-refractivity contribution in [2.24, 2.45) is 0 Å². The summed E-state index contributed by atoms with van der Waals surface area (Å²) in [5.74, 6) is 1.93. The van der Waals surface area contributed by atoms with Gasteiger partial charge in [0.15, 0.2) is 5.82 Å². The van der Waals surface area contributed by atoms with Crippen LogP contribution < -0.4 is 9.64 Å². The Balaban J connectivity index is 1.72. The Morgan fingerprint density at radius 3 is 2.64 bits per heavy atom. The molecular weight excluding hydrogens is 418 g/mol. The van der Waals surface area contributed by atoms with Crippen molar-refractivity contribution in [2.75, 3.05) is 25.7 Å². The highest BCUT2D eigenvalue weighted by Gasteiger charge is 2.42. The lowest BCUT2D eigenvalue weighted by atomic mass is 9.83. The lowest BCUT2D eigenvalue weighted by Crippen LogP contribution is -2.42. The molecule has 2 unspecified atom stereocenters. The van der Waals surface area contributed by atoms with Crippen LogP contribution >= 0.6 is 0 Å². The zero-order valence-electron chi connectivity index (χ0n) is 19.5. The maximum Gasteiger partial charge on any atom is 0.232 e. The van der Waals surface area contributed by atoms with Crippen LogP contribution in [0.5, 0.6) is 5.75 Å². The van der Waals surface area contributed by atoms with Gasteiger partial charge in [-0.1, -0.05) is 41.1 Å². The van der Waals surface area contributed by atoms with E-state index < -0.39 is 0 Å². The number of carbonyl (C=O) groups is 1. The predicted molar refractivity (Wildman–Crippen MR) is 125 cm³/mol. The molecule has 4 rings (SSSR count). The van der Waals surface area contributed by atoms with Crippen molar-refractivity contribution >= 4 is 11.6 Å². The molecule has 0 radical (unpaired) electrons. The quantitative estimate of drug-likeness (QED) is 0.428. The first-order valence-electron chi connectivity index (χ1n) is 11.5. The molecule has 7 nitrogen and oxygen atoms in total. The molecule has 33 heavy (non-hydrogen) atoms. The highest BCUT2D eigenvalue weighted by molar-refractivity contribution is 5.95. The maximum absolute atomic E-state index is 13.3. The predicted octanol–water partition coefficient (Wildman–Crippen LogP) is 5.01. The number of aryl methyl sites for hydroxylation is 2. The zero-order valence-corrected chi connectivity index (χ0v) is 19.5. The Bertz CT molecular complexity index is 1060. The summed E-state index contributed by atoms with van der Waals surface area (Å²) in [7, 11) is 3.36. The second-order valence-electron chi connectivity index (χ2n) is 8.43. The van der Waals surface area contributed by atoms with Crippen LogP contribution in [0, 0.1) is 6.92 Å². The van der Waals surface area contributed by atoms with Gasteiger partial charge in [0.1, 0.15) is 5.75 Å². The van der Waals surface area contributed by atoms with E-state index in [1.54, 1.807) is 14.2 Å². The largest absolute Gasteiger partial charge is 0.496 e. The Hall–Kier alpha value is -3.19. The summed E-state index contributed by atoms with van der Waals surface area (Å²) < 4.78 is 16.6. The number of rotatable bonds is 9. The molecule has 0 bridgehead atoms. The molecule has 174 valence electrons. The second-order valence-corrected chi connectivity index (χ2v) is 8.43.